The van der Waals surface area contributed by atoms with Crippen LogP contribution in [0.1, 0.15) is 0 Å². The first-order valence-electron chi connectivity index (χ1n) is 7.10. The van der Waals surface area contributed by atoms with Crippen molar-refractivity contribution in [3.8, 4) is 0 Å². The smallest absolute Gasteiger partial charge is 0.234 e. The van der Waals surface area contributed by atoms with E-state index in [2.05, 4.69) is 5.32 Å². The molecule has 3 aromatic rings. The molecule has 1 amide bonds. The zero-order valence-electron chi connectivity index (χ0n) is 12.4. The summed E-state index contributed by atoms with van der Waals surface area (Å²) in [6.45, 7) is 0. The second-order valence-electron chi connectivity index (χ2n) is 5.04. The molecule has 0 aliphatic rings. The van der Waals surface area contributed by atoms with Crippen molar-refractivity contribution in [1.82, 2.24) is 0 Å². The molecule has 6 heteroatoms. The van der Waals surface area contributed by atoms with Crippen molar-refractivity contribution in [2.24, 2.45) is 0 Å². The van der Waals surface area contributed by atoms with Crippen LogP contribution >= 0.6 is 11.8 Å². The van der Waals surface area contributed by atoms with E-state index in [1.54, 1.807) is 0 Å². The highest BCUT2D eigenvalue weighted by atomic mass is 32.2. The molecule has 3 aromatic carbocycles. The summed E-state index contributed by atoms with van der Waals surface area (Å²) >= 11 is 1.29. The second-order valence-corrected chi connectivity index (χ2v) is 6.05. The van der Waals surface area contributed by atoms with Gasteiger partial charge in [0, 0.05) is 4.90 Å². The molecule has 0 saturated carbocycles. The van der Waals surface area contributed by atoms with Crippen LogP contribution in [0.5, 0.6) is 0 Å². The average molecular weight is 347 g/mol. The Morgan fingerprint density at radius 2 is 1.67 bits per heavy atom. The Bertz CT molecular complexity index is 909. The Morgan fingerprint density at radius 3 is 2.50 bits per heavy atom. The van der Waals surface area contributed by atoms with Gasteiger partial charge in [-0.05, 0) is 29.0 Å². The Labute approximate surface area is 140 Å². The van der Waals surface area contributed by atoms with Crippen LogP contribution in [0.4, 0.5) is 18.9 Å². The van der Waals surface area contributed by atoms with Crippen molar-refractivity contribution < 1.29 is 18.0 Å². The lowest BCUT2D eigenvalue weighted by atomic mass is 10.1. The van der Waals surface area contributed by atoms with Crippen LogP contribution in [0.2, 0.25) is 0 Å². The average Bonchev–Trinajstić information content (AvgIpc) is 2.60. The first-order valence-corrected chi connectivity index (χ1v) is 8.09. The third-order valence-electron chi connectivity index (χ3n) is 3.42. The summed E-state index contributed by atoms with van der Waals surface area (Å²) < 4.78 is 39.6. The summed E-state index contributed by atoms with van der Waals surface area (Å²) in [4.78, 5) is 12.9. The summed E-state index contributed by atoms with van der Waals surface area (Å²) in [5.74, 6) is -4.78. The molecule has 0 aromatic heterocycles. The van der Waals surface area contributed by atoms with Crippen molar-refractivity contribution >= 4 is 34.1 Å². The molecule has 0 spiro atoms. The van der Waals surface area contributed by atoms with Gasteiger partial charge in [0.05, 0.1) is 11.4 Å². The summed E-state index contributed by atoms with van der Waals surface area (Å²) in [7, 11) is 0. The minimum atomic E-state index is -1.60. The van der Waals surface area contributed by atoms with Crippen LogP contribution in [0.15, 0.2) is 59.5 Å². The normalized spacial score (nSPS) is 10.8. The number of fused-ring (bicyclic) bond motifs is 1. The van der Waals surface area contributed by atoms with E-state index >= 15 is 0 Å². The lowest BCUT2D eigenvalue weighted by Crippen LogP contribution is -2.15. The fraction of sp³-hybridized carbons (Fsp3) is 0.0556. The van der Waals surface area contributed by atoms with E-state index in [9.17, 15) is 18.0 Å². The molecule has 0 aliphatic carbocycles. The van der Waals surface area contributed by atoms with Gasteiger partial charge in [0.15, 0.2) is 17.5 Å². The van der Waals surface area contributed by atoms with Gasteiger partial charge < -0.3 is 5.32 Å². The number of amides is 1. The van der Waals surface area contributed by atoms with Crippen LogP contribution in [0.25, 0.3) is 10.8 Å². The fourth-order valence-corrected chi connectivity index (χ4v) is 3.15. The van der Waals surface area contributed by atoms with Gasteiger partial charge in [-0.1, -0.05) is 36.4 Å². The van der Waals surface area contributed by atoms with Gasteiger partial charge in [-0.15, -0.1) is 11.8 Å². The minimum absolute atomic E-state index is 0.0203. The van der Waals surface area contributed by atoms with E-state index in [-0.39, 0.29) is 11.4 Å². The molecule has 0 radical (unpaired) electrons. The lowest BCUT2D eigenvalue weighted by Gasteiger charge is -2.08. The van der Waals surface area contributed by atoms with E-state index in [1.807, 2.05) is 42.5 Å². The Hall–Kier alpha value is -2.47. The van der Waals surface area contributed by atoms with Crippen LogP contribution < -0.4 is 5.32 Å². The van der Waals surface area contributed by atoms with Gasteiger partial charge in [0.1, 0.15) is 0 Å². The van der Waals surface area contributed by atoms with E-state index in [0.29, 0.717) is 0 Å². The third-order valence-corrected chi connectivity index (χ3v) is 4.49. The van der Waals surface area contributed by atoms with Crippen molar-refractivity contribution in [3.63, 3.8) is 0 Å². The van der Waals surface area contributed by atoms with Crippen molar-refractivity contribution in [1.29, 1.82) is 0 Å². The predicted molar refractivity (Wildman–Crippen MR) is 89.6 cm³/mol. The van der Waals surface area contributed by atoms with Crippen LogP contribution in [-0.2, 0) is 4.79 Å². The van der Waals surface area contributed by atoms with Gasteiger partial charge in [-0.2, -0.15) is 0 Å². The second kappa shape index (κ2) is 6.97. The zero-order chi connectivity index (χ0) is 17.1. The van der Waals surface area contributed by atoms with Crippen molar-refractivity contribution in [3.05, 3.63) is 72.0 Å². The monoisotopic (exact) mass is 347 g/mol. The molecule has 0 fully saturated rings. The zero-order valence-corrected chi connectivity index (χ0v) is 13.2. The standard InChI is InChI=1S/C18H12F3NOS/c19-13-8-9-14(18(21)17(13)20)22-16(23)10-24-15-7-3-5-11-4-1-2-6-12(11)15/h1-9H,10H2,(H,22,23). The highest BCUT2D eigenvalue weighted by Crippen LogP contribution is 2.28. The highest BCUT2D eigenvalue weighted by Gasteiger charge is 2.15. The number of rotatable bonds is 4. The topological polar surface area (TPSA) is 29.1 Å². The maximum Gasteiger partial charge on any atom is 0.234 e. The Balaban J connectivity index is 1.71. The maximum atomic E-state index is 13.6. The highest BCUT2D eigenvalue weighted by molar-refractivity contribution is 8.00. The predicted octanol–water partition coefficient (Wildman–Crippen LogP) is 4.99. The number of nitrogens with one attached hydrogen (secondary N) is 1. The molecule has 0 atom stereocenters. The molecule has 122 valence electrons. The van der Waals surface area contributed by atoms with Gasteiger partial charge in [0.2, 0.25) is 5.91 Å². The summed E-state index contributed by atoms with van der Waals surface area (Å²) in [5.41, 5.74) is -0.377. The number of hydrogen-bond donors (Lipinski definition) is 1. The maximum absolute atomic E-state index is 13.6. The largest absolute Gasteiger partial charge is 0.323 e. The van der Waals surface area contributed by atoms with Crippen LogP contribution in [-0.4, -0.2) is 11.7 Å². The first kappa shape index (κ1) is 16.4. The molecular formula is C18H12F3NOS. The number of carbonyl (C=O) groups is 1. The molecule has 0 saturated heterocycles. The van der Waals surface area contributed by atoms with Gasteiger partial charge in [-0.3, -0.25) is 4.79 Å². The quantitative estimate of drug-likeness (QED) is 0.532. The van der Waals surface area contributed by atoms with Crippen molar-refractivity contribution in [2.75, 3.05) is 11.1 Å². The first-order chi connectivity index (χ1) is 11.6. The van der Waals surface area contributed by atoms with Crippen LogP contribution in [0.3, 0.4) is 0 Å². The van der Waals surface area contributed by atoms with E-state index in [1.165, 1.54) is 11.8 Å². The SMILES string of the molecule is O=C(CSc1cccc2ccccc12)Nc1ccc(F)c(F)c1F. The van der Waals surface area contributed by atoms with Crippen LogP contribution in [0, 0.1) is 17.5 Å². The number of hydrogen-bond acceptors (Lipinski definition) is 2. The Kier molecular flexibility index (Phi) is 4.76. The molecule has 3 rings (SSSR count). The summed E-state index contributed by atoms with van der Waals surface area (Å²) in [5, 5.41) is 4.32. The minimum Gasteiger partial charge on any atom is -0.323 e. The summed E-state index contributed by atoms with van der Waals surface area (Å²) in [6.07, 6.45) is 0. The molecular weight excluding hydrogens is 335 g/mol. The number of carbonyl (C=O) groups excluding carboxylic acids is 1. The molecule has 0 bridgehead atoms. The van der Waals surface area contributed by atoms with Gasteiger partial charge in [-0.25, -0.2) is 13.2 Å². The summed E-state index contributed by atoms with van der Waals surface area (Å²) in [6, 6.07) is 15.3. The number of thioether (sulfide) groups is 1. The van der Waals surface area contributed by atoms with Crippen molar-refractivity contribution in [2.45, 2.75) is 4.90 Å². The fourth-order valence-electron chi connectivity index (χ4n) is 2.27. The molecule has 0 unspecified atom stereocenters. The molecule has 1 N–H and O–H groups in total. The van der Waals surface area contributed by atoms with Gasteiger partial charge >= 0.3 is 0 Å². The molecule has 24 heavy (non-hydrogen) atoms. The third kappa shape index (κ3) is 3.38. The number of anilines is 1. The van der Waals surface area contributed by atoms with E-state index < -0.39 is 23.4 Å². The molecule has 2 nitrogen and oxygen atoms in total. The van der Waals surface area contributed by atoms with Gasteiger partial charge in [0.25, 0.3) is 0 Å². The molecule has 0 heterocycles. The number of benzene rings is 3. The molecule has 0 aliphatic heterocycles. The van der Waals surface area contributed by atoms with E-state index in [4.69, 9.17) is 0 Å². The lowest BCUT2D eigenvalue weighted by molar-refractivity contribution is -0.113. The van der Waals surface area contributed by atoms with E-state index in [0.717, 1.165) is 27.8 Å². The Morgan fingerprint density at radius 1 is 0.917 bits per heavy atom. The number of halogens is 3.